The Hall–Kier alpha value is -1.22. The lowest BCUT2D eigenvalue weighted by Gasteiger charge is -2.21. The van der Waals surface area contributed by atoms with Crippen LogP contribution >= 0.6 is 0 Å². The highest BCUT2D eigenvalue weighted by molar-refractivity contribution is 5.76. The summed E-state index contributed by atoms with van der Waals surface area (Å²) in [7, 11) is 1.98. The number of benzene rings is 1. The number of hydrogen-bond donors (Lipinski definition) is 1. The van der Waals surface area contributed by atoms with E-state index >= 15 is 0 Å². The molecule has 1 atom stereocenters. The highest BCUT2D eigenvalue weighted by atomic mass is 16.5. The van der Waals surface area contributed by atoms with Crippen LogP contribution in [0.25, 0.3) is 0 Å². The van der Waals surface area contributed by atoms with E-state index in [-0.39, 0.29) is 6.17 Å². The molecule has 0 saturated carbocycles. The lowest BCUT2D eigenvalue weighted by Crippen LogP contribution is -2.36. The summed E-state index contributed by atoms with van der Waals surface area (Å²) in [6.45, 7) is 3.99. The third-order valence-corrected chi connectivity index (χ3v) is 2.67. The first-order valence-electron chi connectivity index (χ1n) is 4.43. The van der Waals surface area contributed by atoms with E-state index in [2.05, 4.69) is 11.0 Å². The molecule has 0 fully saturated rings. The minimum atomic E-state index is 0.0248. The summed E-state index contributed by atoms with van der Waals surface area (Å²) >= 11 is 0. The SMILES string of the molecule is Cc1ccc2c(c1)N(O)C(C)N2C. The Kier molecular flexibility index (Phi) is 1.70. The zero-order chi connectivity index (χ0) is 9.59. The van der Waals surface area contributed by atoms with Crippen LogP contribution in [0.1, 0.15) is 12.5 Å². The van der Waals surface area contributed by atoms with E-state index in [0.29, 0.717) is 0 Å². The molecular formula is C10H14N2O. The number of nitrogens with zero attached hydrogens (tertiary/aromatic N) is 2. The van der Waals surface area contributed by atoms with Gasteiger partial charge in [-0.25, -0.2) is 5.06 Å². The second kappa shape index (κ2) is 2.64. The van der Waals surface area contributed by atoms with Crippen LogP contribution in [-0.2, 0) is 0 Å². The Balaban J connectivity index is 2.54. The molecule has 0 radical (unpaired) electrons. The van der Waals surface area contributed by atoms with Crippen LogP contribution in [0.4, 0.5) is 11.4 Å². The number of fused-ring (bicyclic) bond motifs is 1. The predicted molar refractivity (Wildman–Crippen MR) is 53.3 cm³/mol. The Morgan fingerprint density at radius 1 is 1.31 bits per heavy atom. The monoisotopic (exact) mass is 178 g/mol. The first-order valence-corrected chi connectivity index (χ1v) is 4.43. The van der Waals surface area contributed by atoms with Crippen LogP contribution in [0, 0.1) is 6.92 Å². The molecule has 3 heteroatoms. The summed E-state index contributed by atoms with van der Waals surface area (Å²) in [5, 5.41) is 11.0. The van der Waals surface area contributed by atoms with Gasteiger partial charge in [0, 0.05) is 7.05 Å². The van der Waals surface area contributed by atoms with Gasteiger partial charge in [0.15, 0.2) is 0 Å². The summed E-state index contributed by atoms with van der Waals surface area (Å²) in [5.41, 5.74) is 3.15. The fraction of sp³-hybridized carbons (Fsp3) is 0.400. The van der Waals surface area contributed by atoms with Crippen molar-refractivity contribution >= 4 is 11.4 Å². The fourth-order valence-electron chi connectivity index (χ4n) is 1.68. The normalized spacial score (nSPS) is 20.8. The molecule has 1 aromatic carbocycles. The van der Waals surface area contributed by atoms with Gasteiger partial charge in [-0.3, -0.25) is 5.21 Å². The van der Waals surface area contributed by atoms with Gasteiger partial charge in [0.05, 0.1) is 11.4 Å². The molecule has 1 aromatic rings. The highest BCUT2D eigenvalue weighted by Crippen LogP contribution is 2.37. The van der Waals surface area contributed by atoms with Gasteiger partial charge in [0.25, 0.3) is 0 Å². The molecule has 0 spiro atoms. The number of hydroxylamine groups is 1. The van der Waals surface area contributed by atoms with Crippen LogP contribution < -0.4 is 9.96 Å². The lowest BCUT2D eigenvalue weighted by molar-refractivity contribution is 0.231. The van der Waals surface area contributed by atoms with Crippen LogP contribution in [0.3, 0.4) is 0 Å². The zero-order valence-electron chi connectivity index (χ0n) is 8.15. The van der Waals surface area contributed by atoms with Gasteiger partial charge in [-0.15, -0.1) is 0 Å². The van der Waals surface area contributed by atoms with E-state index in [1.165, 1.54) is 10.6 Å². The smallest absolute Gasteiger partial charge is 0.124 e. The van der Waals surface area contributed by atoms with Crippen molar-refractivity contribution in [3.63, 3.8) is 0 Å². The van der Waals surface area contributed by atoms with E-state index in [0.717, 1.165) is 11.4 Å². The molecule has 0 bridgehead atoms. The van der Waals surface area contributed by atoms with Crippen LogP contribution in [0.15, 0.2) is 18.2 Å². The molecule has 0 aromatic heterocycles. The molecule has 70 valence electrons. The molecule has 1 N–H and O–H groups in total. The zero-order valence-corrected chi connectivity index (χ0v) is 8.15. The fourth-order valence-corrected chi connectivity index (χ4v) is 1.68. The Labute approximate surface area is 78.2 Å². The average molecular weight is 178 g/mol. The van der Waals surface area contributed by atoms with E-state index in [1.54, 1.807) is 0 Å². The van der Waals surface area contributed by atoms with E-state index in [1.807, 2.05) is 33.0 Å². The third kappa shape index (κ3) is 1.08. The van der Waals surface area contributed by atoms with Crippen molar-refractivity contribution < 1.29 is 5.21 Å². The Bertz CT molecular complexity index is 338. The number of hydrogen-bond acceptors (Lipinski definition) is 3. The molecule has 1 heterocycles. The summed E-state index contributed by atoms with van der Waals surface area (Å²) in [6.07, 6.45) is 0.0248. The minimum absolute atomic E-state index is 0.0248. The summed E-state index contributed by atoms with van der Waals surface area (Å²) in [6, 6.07) is 6.09. The van der Waals surface area contributed by atoms with Gasteiger partial charge in [-0.2, -0.15) is 0 Å². The van der Waals surface area contributed by atoms with Crippen molar-refractivity contribution in [2.75, 3.05) is 17.0 Å². The summed E-state index contributed by atoms with van der Waals surface area (Å²) < 4.78 is 0. The van der Waals surface area contributed by atoms with Crippen molar-refractivity contribution in [1.82, 2.24) is 0 Å². The third-order valence-electron chi connectivity index (χ3n) is 2.67. The molecule has 13 heavy (non-hydrogen) atoms. The second-order valence-electron chi connectivity index (χ2n) is 3.58. The summed E-state index contributed by atoms with van der Waals surface area (Å²) in [5.74, 6) is 0. The quantitative estimate of drug-likeness (QED) is 0.658. The highest BCUT2D eigenvalue weighted by Gasteiger charge is 2.28. The van der Waals surface area contributed by atoms with Gasteiger partial charge in [0.2, 0.25) is 0 Å². The first kappa shape index (κ1) is 8.38. The van der Waals surface area contributed by atoms with Crippen molar-refractivity contribution in [2.24, 2.45) is 0 Å². The standard InChI is InChI=1S/C10H14N2O/c1-7-4-5-9-10(6-7)12(13)8(2)11(9)3/h4-6,8,13H,1-3H3. The molecule has 1 aliphatic rings. The predicted octanol–water partition coefficient (Wildman–Crippen LogP) is 1.99. The van der Waals surface area contributed by atoms with Gasteiger partial charge in [-0.05, 0) is 31.5 Å². The maximum atomic E-state index is 9.74. The molecule has 3 nitrogen and oxygen atoms in total. The van der Waals surface area contributed by atoms with E-state index < -0.39 is 0 Å². The van der Waals surface area contributed by atoms with E-state index in [9.17, 15) is 5.21 Å². The maximum Gasteiger partial charge on any atom is 0.124 e. The molecule has 0 aliphatic carbocycles. The first-order chi connectivity index (χ1) is 6.11. The summed E-state index contributed by atoms with van der Waals surface area (Å²) in [4.78, 5) is 2.05. The Morgan fingerprint density at radius 2 is 2.00 bits per heavy atom. The van der Waals surface area contributed by atoms with Gasteiger partial charge < -0.3 is 4.90 Å². The van der Waals surface area contributed by atoms with Crippen molar-refractivity contribution in [3.8, 4) is 0 Å². The van der Waals surface area contributed by atoms with Crippen LogP contribution in [0.5, 0.6) is 0 Å². The van der Waals surface area contributed by atoms with Crippen molar-refractivity contribution in [2.45, 2.75) is 20.0 Å². The molecule has 0 saturated heterocycles. The molecular weight excluding hydrogens is 164 g/mol. The molecule has 2 rings (SSSR count). The van der Waals surface area contributed by atoms with Gasteiger partial charge >= 0.3 is 0 Å². The van der Waals surface area contributed by atoms with Crippen molar-refractivity contribution in [3.05, 3.63) is 23.8 Å². The number of anilines is 2. The minimum Gasteiger partial charge on any atom is -0.351 e. The van der Waals surface area contributed by atoms with Crippen LogP contribution in [-0.4, -0.2) is 18.4 Å². The number of aryl methyl sites for hydroxylation is 1. The lowest BCUT2D eigenvalue weighted by atomic mass is 10.2. The van der Waals surface area contributed by atoms with E-state index in [4.69, 9.17) is 0 Å². The number of rotatable bonds is 0. The largest absolute Gasteiger partial charge is 0.351 e. The van der Waals surface area contributed by atoms with Gasteiger partial charge in [0.1, 0.15) is 6.17 Å². The van der Waals surface area contributed by atoms with Crippen molar-refractivity contribution in [1.29, 1.82) is 0 Å². The molecule has 1 aliphatic heterocycles. The van der Waals surface area contributed by atoms with Gasteiger partial charge in [-0.1, -0.05) is 6.07 Å². The Morgan fingerprint density at radius 3 is 2.69 bits per heavy atom. The maximum absolute atomic E-state index is 9.74. The molecule has 1 unspecified atom stereocenters. The average Bonchev–Trinajstić information content (AvgIpc) is 2.32. The second-order valence-corrected chi connectivity index (χ2v) is 3.58. The van der Waals surface area contributed by atoms with Crippen LogP contribution in [0.2, 0.25) is 0 Å². The topological polar surface area (TPSA) is 26.7 Å². The molecule has 0 amide bonds.